The molecule has 0 aromatic heterocycles. The third-order valence-electron chi connectivity index (χ3n) is 6.10. The molecule has 2 nitrogen and oxygen atoms in total. The molecule has 0 radical (unpaired) electrons. The van der Waals surface area contributed by atoms with Crippen molar-refractivity contribution < 1.29 is 4.74 Å². The number of methoxy groups -OCH3 is 1. The number of hydrogen-bond acceptors (Lipinski definition) is 2. The molecule has 0 spiro atoms. The van der Waals surface area contributed by atoms with E-state index in [1.54, 1.807) is 7.11 Å². The van der Waals surface area contributed by atoms with Crippen molar-refractivity contribution in [3.05, 3.63) is 42.0 Å². The lowest BCUT2D eigenvalue weighted by Crippen LogP contribution is -2.34. The molecule has 4 rings (SSSR count). The Hall–Kier alpha value is -1.54. The highest BCUT2D eigenvalue weighted by molar-refractivity contribution is 5.87. The lowest BCUT2D eigenvalue weighted by molar-refractivity contribution is 0.126. The Labute approximate surface area is 145 Å². The Bertz CT molecular complexity index is 766. The van der Waals surface area contributed by atoms with Gasteiger partial charge in [-0.3, -0.25) is 4.90 Å². The maximum Gasteiger partial charge on any atom is 0.123 e. The molecule has 2 fully saturated rings. The molecule has 2 bridgehead atoms. The van der Waals surface area contributed by atoms with Gasteiger partial charge in [0.05, 0.1) is 7.11 Å². The van der Waals surface area contributed by atoms with Crippen LogP contribution >= 0.6 is 0 Å². The molecule has 1 heterocycles. The van der Waals surface area contributed by atoms with Crippen LogP contribution in [0, 0.1) is 10.8 Å². The predicted molar refractivity (Wildman–Crippen MR) is 100 cm³/mol. The molecule has 0 amide bonds. The van der Waals surface area contributed by atoms with Crippen molar-refractivity contribution in [1.29, 1.82) is 0 Å². The molecule has 1 saturated carbocycles. The minimum Gasteiger partial charge on any atom is -0.496 e. The van der Waals surface area contributed by atoms with Gasteiger partial charge in [-0.2, -0.15) is 0 Å². The van der Waals surface area contributed by atoms with E-state index in [2.05, 4.69) is 62.1 Å². The molecule has 2 aromatic carbocycles. The van der Waals surface area contributed by atoms with Crippen molar-refractivity contribution in [3.63, 3.8) is 0 Å². The zero-order valence-corrected chi connectivity index (χ0v) is 15.4. The lowest BCUT2D eigenvalue weighted by atomic mass is 9.65. The average Bonchev–Trinajstić information content (AvgIpc) is 2.76. The number of hydrogen-bond donors (Lipinski definition) is 0. The van der Waals surface area contributed by atoms with E-state index in [0.29, 0.717) is 16.9 Å². The van der Waals surface area contributed by atoms with E-state index in [1.165, 1.54) is 42.1 Å². The first-order valence-electron chi connectivity index (χ1n) is 9.18. The molecule has 1 aliphatic carbocycles. The topological polar surface area (TPSA) is 12.5 Å². The first-order chi connectivity index (χ1) is 11.4. The zero-order valence-electron chi connectivity index (χ0n) is 15.4. The Morgan fingerprint density at radius 2 is 1.88 bits per heavy atom. The monoisotopic (exact) mass is 323 g/mol. The molecule has 2 aliphatic rings. The molecule has 2 heteroatoms. The van der Waals surface area contributed by atoms with Crippen LogP contribution in [0.5, 0.6) is 5.75 Å². The Kier molecular flexibility index (Phi) is 3.65. The summed E-state index contributed by atoms with van der Waals surface area (Å²) >= 11 is 0. The van der Waals surface area contributed by atoms with E-state index in [1.807, 2.05) is 0 Å². The van der Waals surface area contributed by atoms with Crippen molar-refractivity contribution in [3.8, 4) is 5.75 Å². The van der Waals surface area contributed by atoms with Gasteiger partial charge in [0, 0.05) is 24.7 Å². The van der Waals surface area contributed by atoms with Crippen LogP contribution < -0.4 is 4.74 Å². The number of benzene rings is 2. The fourth-order valence-corrected chi connectivity index (χ4v) is 5.63. The summed E-state index contributed by atoms with van der Waals surface area (Å²) < 4.78 is 5.71. The summed E-state index contributed by atoms with van der Waals surface area (Å²) in [5, 5.41) is 2.64. The highest BCUT2D eigenvalue weighted by Gasteiger charge is 2.49. The first-order valence-corrected chi connectivity index (χ1v) is 9.18. The van der Waals surface area contributed by atoms with Gasteiger partial charge in [-0.25, -0.2) is 0 Å². The summed E-state index contributed by atoms with van der Waals surface area (Å²) in [6.07, 6.45) is 4.01. The van der Waals surface area contributed by atoms with E-state index in [4.69, 9.17) is 4.74 Å². The van der Waals surface area contributed by atoms with E-state index in [-0.39, 0.29) is 0 Å². The van der Waals surface area contributed by atoms with Crippen LogP contribution in [0.4, 0.5) is 0 Å². The van der Waals surface area contributed by atoms with E-state index < -0.39 is 0 Å². The second-order valence-electron chi connectivity index (χ2n) is 9.09. The minimum atomic E-state index is 0.468. The van der Waals surface area contributed by atoms with Crippen LogP contribution in [0.25, 0.3) is 10.8 Å². The third-order valence-corrected chi connectivity index (χ3v) is 6.10. The van der Waals surface area contributed by atoms with Crippen LogP contribution in [-0.2, 0) is 6.54 Å². The molecule has 2 unspecified atom stereocenters. The van der Waals surface area contributed by atoms with Gasteiger partial charge in [0.2, 0.25) is 0 Å². The molecule has 24 heavy (non-hydrogen) atoms. The molecule has 128 valence electrons. The van der Waals surface area contributed by atoms with Gasteiger partial charge in [0.15, 0.2) is 0 Å². The number of fused-ring (bicyclic) bond motifs is 3. The standard InChI is InChI=1S/C22H29NO/c1-21(2)11-17-12-22(3,14-21)15-23(17)13-19-18-8-6-5-7-16(18)9-10-20(19)24-4/h5-10,17H,11-15H2,1-4H3. The maximum atomic E-state index is 5.71. The highest BCUT2D eigenvalue weighted by Crippen LogP contribution is 2.53. The van der Waals surface area contributed by atoms with Gasteiger partial charge in [0.1, 0.15) is 5.75 Å². The molecule has 1 aliphatic heterocycles. The van der Waals surface area contributed by atoms with E-state index >= 15 is 0 Å². The van der Waals surface area contributed by atoms with Crippen molar-refractivity contribution in [2.45, 2.75) is 52.6 Å². The third kappa shape index (κ3) is 2.71. The van der Waals surface area contributed by atoms with E-state index in [0.717, 1.165) is 12.3 Å². The van der Waals surface area contributed by atoms with Crippen molar-refractivity contribution in [2.75, 3.05) is 13.7 Å². The summed E-state index contributed by atoms with van der Waals surface area (Å²) in [7, 11) is 1.79. The fourth-order valence-electron chi connectivity index (χ4n) is 5.63. The van der Waals surface area contributed by atoms with Gasteiger partial charge in [0.25, 0.3) is 0 Å². The molecular formula is C22H29NO. The fraction of sp³-hybridized carbons (Fsp3) is 0.545. The second kappa shape index (κ2) is 5.49. The maximum absolute atomic E-state index is 5.71. The summed E-state index contributed by atoms with van der Waals surface area (Å²) in [5.74, 6) is 1.03. The van der Waals surface area contributed by atoms with Crippen LogP contribution in [-0.4, -0.2) is 24.6 Å². The molecule has 1 saturated heterocycles. The van der Waals surface area contributed by atoms with Gasteiger partial charge >= 0.3 is 0 Å². The minimum absolute atomic E-state index is 0.468. The Balaban J connectivity index is 1.70. The van der Waals surface area contributed by atoms with Gasteiger partial charge in [-0.1, -0.05) is 51.1 Å². The van der Waals surface area contributed by atoms with Crippen LogP contribution in [0.3, 0.4) is 0 Å². The summed E-state index contributed by atoms with van der Waals surface area (Å²) in [6.45, 7) is 9.59. The summed E-state index contributed by atoms with van der Waals surface area (Å²) in [4.78, 5) is 2.72. The van der Waals surface area contributed by atoms with Gasteiger partial charge < -0.3 is 4.74 Å². The van der Waals surface area contributed by atoms with Crippen LogP contribution in [0.2, 0.25) is 0 Å². The SMILES string of the molecule is COc1ccc2ccccc2c1CN1CC2(C)CC1CC(C)(C)C2. The van der Waals surface area contributed by atoms with Crippen molar-refractivity contribution in [1.82, 2.24) is 4.90 Å². The zero-order chi connectivity index (χ0) is 16.9. The van der Waals surface area contributed by atoms with Crippen LogP contribution in [0.15, 0.2) is 36.4 Å². The highest BCUT2D eigenvalue weighted by atomic mass is 16.5. The summed E-state index contributed by atoms with van der Waals surface area (Å²) in [5.41, 5.74) is 2.30. The van der Waals surface area contributed by atoms with Crippen molar-refractivity contribution in [2.24, 2.45) is 10.8 Å². The number of likely N-dealkylation sites (tertiary alicyclic amines) is 1. The van der Waals surface area contributed by atoms with E-state index in [9.17, 15) is 0 Å². The normalized spacial score (nSPS) is 29.1. The number of nitrogens with zero attached hydrogens (tertiary/aromatic N) is 1. The Morgan fingerprint density at radius 1 is 1.08 bits per heavy atom. The predicted octanol–water partition coefficient (Wildman–Crippen LogP) is 5.25. The smallest absolute Gasteiger partial charge is 0.123 e. The number of rotatable bonds is 3. The number of ether oxygens (including phenoxy) is 1. The molecule has 0 N–H and O–H groups in total. The molecular weight excluding hydrogens is 294 g/mol. The largest absolute Gasteiger partial charge is 0.496 e. The van der Waals surface area contributed by atoms with Crippen molar-refractivity contribution >= 4 is 10.8 Å². The Morgan fingerprint density at radius 3 is 2.67 bits per heavy atom. The second-order valence-corrected chi connectivity index (χ2v) is 9.09. The molecule has 2 atom stereocenters. The van der Waals surface area contributed by atoms with Gasteiger partial charge in [-0.15, -0.1) is 0 Å². The molecule has 2 aromatic rings. The van der Waals surface area contributed by atoms with Gasteiger partial charge in [-0.05, 0) is 46.9 Å². The average molecular weight is 323 g/mol. The van der Waals surface area contributed by atoms with Crippen LogP contribution in [0.1, 0.15) is 45.6 Å². The first kappa shape index (κ1) is 16.0. The summed E-state index contributed by atoms with van der Waals surface area (Å²) in [6, 6.07) is 13.7. The lowest BCUT2D eigenvalue weighted by Gasteiger charge is -2.40. The quantitative estimate of drug-likeness (QED) is 0.765.